The first-order valence-corrected chi connectivity index (χ1v) is 3.51. The zero-order valence-corrected chi connectivity index (χ0v) is 6.48. The molecule has 0 heterocycles. The number of hydrogen-bond acceptors (Lipinski definition) is 1. The van der Waals surface area contributed by atoms with E-state index in [4.69, 9.17) is 11.6 Å². The Morgan fingerprint density at radius 2 is 2.22 bits per heavy atom. The summed E-state index contributed by atoms with van der Waals surface area (Å²) in [5.41, 5.74) is 0. The Hall–Kier alpha value is -0.240. The predicted molar refractivity (Wildman–Crippen MR) is 38.5 cm³/mol. The molecular formula is C6H12ClNO. The zero-order chi connectivity index (χ0) is 7.28. The molecule has 0 unspecified atom stereocenters. The van der Waals surface area contributed by atoms with Gasteiger partial charge in [0.15, 0.2) is 0 Å². The number of halogens is 1. The van der Waals surface area contributed by atoms with E-state index in [0.717, 1.165) is 0 Å². The molecule has 0 spiro atoms. The van der Waals surface area contributed by atoms with Crippen LogP contribution >= 0.6 is 11.6 Å². The molecule has 0 saturated carbocycles. The highest BCUT2D eigenvalue weighted by Crippen LogP contribution is 2.01. The lowest BCUT2D eigenvalue weighted by atomic mass is 10.1. The maximum Gasteiger partial charge on any atom is 0.207 e. The summed E-state index contributed by atoms with van der Waals surface area (Å²) >= 11 is 5.52. The summed E-state index contributed by atoms with van der Waals surface area (Å²) in [4.78, 5) is 9.91. The summed E-state index contributed by atoms with van der Waals surface area (Å²) in [5, 5.41) is 2.62. The molecular weight excluding hydrogens is 138 g/mol. The molecule has 0 aliphatic rings. The van der Waals surface area contributed by atoms with Gasteiger partial charge in [0.05, 0.1) is 0 Å². The molecule has 2 nitrogen and oxygen atoms in total. The second-order valence-electron chi connectivity index (χ2n) is 2.29. The third-order valence-corrected chi connectivity index (χ3v) is 1.59. The van der Waals surface area contributed by atoms with E-state index in [-0.39, 0.29) is 6.04 Å². The molecule has 0 aliphatic heterocycles. The Labute approximate surface area is 60.6 Å². The van der Waals surface area contributed by atoms with Gasteiger partial charge in [0.25, 0.3) is 0 Å². The number of nitrogens with one attached hydrogen (secondary N) is 1. The summed E-state index contributed by atoms with van der Waals surface area (Å²) in [6.07, 6.45) is 0.688. The number of carbonyl (C=O) groups excluding carboxylic acids is 1. The number of carbonyl (C=O) groups is 1. The topological polar surface area (TPSA) is 29.1 Å². The molecule has 0 bridgehead atoms. The molecule has 9 heavy (non-hydrogen) atoms. The predicted octanol–water partition coefficient (Wildman–Crippen LogP) is 0.996. The molecule has 0 rings (SSSR count). The Kier molecular flexibility index (Phi) is 4.50. The molecule has 0 radical (unpaired) electrons. The zero-order valence-electron chi connectivity index (χ0n) is 5.73. The lowest BCUT2D eigenvalue weighted by molar-refractivity contribution is -0.110. The van der Waals surface area contributed by atoms with E-state index in [0.29, 0.717) is 18.2 Å². The summed E-state index contributed by atoms with van der Waals surface area (Å²) in [6.45, 7) is 4.03. The molecule has 0 saturated heterocycles. The number of rotatable bonds is 4. The second kappa shape index (κ2) is 4.62. The first-order chi connectivity index (χ1) is 4.22. The fourth-order valence-corrected chi connectivity index (χ4v) is 0.948. The van der Waals surface area contributed by atoms with E-state index in [2.05, 4.69) is 5.32 Å². The van der Waals surface area contributed by atoms with Gasteiger partial charge in [0.2, 0.25) is 6.41 Å². The van der Waals surface area contributed by atoms with Crippen molar-refractivity contribution in [3.05, 3.63) is 0 Å². The van der Waals surface area contributed by atoms with Crippen LogP contribution < -0.4 is 5.32 Å². The van der Waals surface area contributed by atoms with Gasteiger partial charge in [-0.15, -0.1) is 11.6 Å². The van der Waals surface area contributed by atoms with Gasteiger partial charge in [-0.3, -0.25) is 4.79 Å². The van der Waals surface area contributed by atoms with E-state index < -0.39 is 0 Å². The SMILES string of the molecule is CC(C)[C@@H](CCl)NC=O. The van der Waals surface area contributed by atoms with Gasteiger partial charge in [-0.25, -0.2) is 0 Å². The third-order valence-electron chi connectivity index (χ3n) is 1.25. The van der Waals surface area contributed by atoms with Crippen molar-refractivity contribution < 1.29 is 4.79 Å². The van der Waals surface area contributed by atoms with E-state index >= 15 is 0 Å². The normalized spacial score (nSPS) is 13.3. The van der Waals surface area contributed by atoms with Gasteiger partial charge in [-0.2, -0.15) is 0 Å². The monoisotopic (exact) mass is 149 g/mol. The summed E-state index contributed by atoms with van der Waals surface area (Å²) in [5.74, 6) is 0.892. The number of hydrogen-bond donors (Lipinski definition) is 1. The van der Waals surface area contributed by atoms with Gasteiger partial charge >= 0.3 is 0 Å². The van der Waals surface area contributed by atoms with Crippen molar-refractivity contribution in [2.45, 2.75) is 19.9 Å². The highest BCUT2D eigenvalue weighted by Gasteiger charge is 2.08. The average Bonchev–Trinajstić information content (AvgIpc) is 1.82. The fraction of sp³-hybridized carbons (Fsp3) is 0.833. The molecule has 1 atom stereocenters. The maximum absolute atomic E-state index is 9.91. The molecule has 54 valence electrons. The summed E-state index contributed by atoms with van der Waals surface area (Å²) < 4.78 is 0. The van der Waals surface area contributed by atoms with Crippen molar-refractivity contribution in [2.75, 3.05) is 5.88 Å². The molecule has 0 fully saturated rings. The first-order valence-electron chi connectivity index (χ1n) is 2.98. The van der Waals surface area contributed by atoms with Gasteiger partial charge in [0.1, 0.15) is 0 Å². The third kappa shape index (κ3) is 3.36. The van der Waals surface area contributed by atoms with Crippen molar-refractivity contribution in [1.82, 2.24) is 5.32 Å². The Balaban J connectivity index is 3.53. The Bertz CT molecular complexity index is 85.1. The summed E-state index contributed by atoms with van der Waals surface area (Å²) in [7, 11) is 0. The van der Waals surface area contributed by atoms with Crippen LogP contribution in [0.5, 0.6) is 0 Å². The molecule has 0 aromatic heterocycles. The quantitative estimate of drug-likeness (QED) is 0.469. The van der Waals surface area contributed by atoms with Crippen LogP contribution in [0, 0.1) is 5.92 Å². The minimum atomic E-state index is 0.115. The lowest BCUT2D eigenvalue weighted by Gasteiger charge is -2.15. The van der Waals surface area contributed by atoms with E-state index in [1.54, 1.807) is 0 Å². The molecule has 3 heteroatoms. The van der Waals surface area contributed by atoms with Gasteiger partial charge in [0, 0.05) is 11.9 Å². The first kappa shape index (κ1) is 8.76. The van der Waals surface area contributed by atoms with Crippen LogP contribution in [0.2, 0.25) is 0 Å². The van der Waals surface area contributed by atoms with Crippen molar-refractivity contribution >= 4 is 18.0 Å². The molecule has 0 aromatic rings. The van der Waals surface area contributed by atoms with Crippen molar-refractivity contribution in [3.63, 3.8) is 0 Å². The highest BCUT2D eigenvalue weighted by molar-refractivity contribution is 6.18. The minimum Gasteiger partial charge on any atom is -0.354 e. The van der Waals surface area contributed by atoms with Crippen LogP contribution in [-0.2, 0) is 4.79 Å². The van der Waals surface area contributed by atoms with Crippen LogP contribution in [0.4, 0.5) is 0 Å². The van der Waals surface area contributed by atoms with Crippen molar-refractivity contribution in [1.29, 1.82) is 0 Å². The maximum atomic E-state index is 9.91. The molecule has 0 aromatic carbocycles. The van der Waals surface area contributed by atoms with Crippen molar-refractivity contribution in [2.24, 2.45) is 5.92 Å². The Morgan fingerprint density at radius 1 is 1.67 bits per heavy atom. The molecule has 0 aliphatic carbocycles. The van der Waals surface area contributed by atoms with E-state index in [1.807, 2.05) is 13.8 Å². The van der Waals surface area contributed by atoms with Crippen molar-refractivity contribution in [3.8, 4) is 0 Å². The van der Waals surface area contributed by atoms with Crippen LogP contribution in [0.3, 0.4) is 0 Å². The van der Waals surface area contributed by atoms with Crippen LogP contribution in [0.1, 0.15) is 13.8 Å². The second-order valence-corrected chi connectivity index (χ2v) is 2.60. The Morgan fingerprint density at radius 3 is 2.33 bits per heavy atom. The average molecular weight is 150 g/mol. The molecule has 1 N–H and O–H groups in total. The van der Waals surface area contributed by atoms with E-state index in [9.17, 15) is 4.79 Å². The van der Waals surface area contributed by atoms with Gasteiger partial charge in [-0.05, 0) is 5.92 Å². The van der Waals surface area contributed by atoms with E-state index in [1.165, 1.54) is 0 Å². The summed E-state index contributed by atoms with van der Waals surface area (Å²) in [6, 6.07) is 0.115. The largest absolute Gasteiger partial charge is 0.354 e. The molecule has 1 amide bonds. The number of amides is 1. The lowest BCUT2D eigenvalue weighted by Crippen LogP contribution is -2.34. The number of alkyl halides is 1. The smallest absolute Gasteiger partial charge is 0.207 e. The van der Waals surface area contributed by atoms with Crippen LogP contribution in [0.15, 0.2) is 0 Å². The highest BCUT2D eigenvalue weighted by atomic mass is 35.5. The van der Waals surface area contributed by atoms with Crippen LogP contribution in [0.25, 0.3) is 0 Å². The van der Waals surface area contributed by atoms with Gasteiger partial charge < -0.3 is 5.32 Å². The standard InChI is InChI=1S/C6H12ClNO/c1-5(2)6(3-7)8-4-9/h4-6H,3H2,1-2H3,(H,8,9)/t6-/m1/s1. The minimum absolute atomic E-state index is 0.115. The van der Waals surface area contributed by atoms with Gasteiger partial charge in [-0.1, -0.05) is 13.8 Å². The fourth-order valence-electron chi connectivity index (χ4n) is 0.503. The van der Waals surface area contributed by atoms with Crippen LogP contribution in [-0.4, -0.2) is 18.3 Å².